The van der Waals surface area contributed by atoms with Crippen molar-refractivity contribution in [2.24, 2.45) is 5.92 Å². The van der Waals surface area contributed by atoms with E-state index in [1.807, 2.05) is 32.0 Å². The van der Waals surface area contributed by atoms with E-state index in [1.165, 1.54) is 0 Å². The van der Waals surface area contributed by atoms with Crippen molar-refractivity contribution in [2.45, 2.75) is 51.7 Å². The Morgan fingerprint density at radius 3 is 2.60 bits per heavy atom. The summed E-state index contributed by atoms with van der Waals surface area (Å²) in [5, 5.41) is 3.22. The molecule has 3 rings (SSSR count). The molecule has 1 N–H and O–H groups in total. The van der Waals surface area contributed by atoms with Gasteiger partial charge in [-0.25, -0.2) is 9.97 Å². The molecular formula is C18H21F3N4. The van der Waals surface area contributed by atoms with Gasteiger partial charge in [0.2, 0.25) is 0 Å². The maximum atomic E-state index is 13.0. The van der Waals surface area contributed by atoms with Crippen LogP contribution in [0.15, 0.2) is 24.4 Å². The normalized spacial score (nSPS) is 21.2. The monoisotopic (exact) mass is 350 g/mol. The molecule has 0 amide bonds. The summed E-state index contributed by atoms with van der Waals surface area (Å²) in [4.78, 5) is 13.2. The molecule has 0 saturated heterocycles. The van der Waals surface area contributed by atoms with Crippen LogP contribution in [0.4, 0.5) is 19.0 Å². The van der Waals surface area contributed by atoms with Crippen molar-refractivity contribution in [3.8, 4) is 11.5 Å². The van der Waals surface area contributed by atoms with Crippen molar-refractivity contribution >= 4 is 5.82 Å². The first-order chi connectivity index (χ1) is 11.8. The molecule has 1 aliphatic carbocycles. The van der Waals surface area contributed by atoms with Crippen LogP contribution in [0.3, 0.4) is 0 Å². The van der Waals surface area contributed by atoms with Crippen LogP contribution in [0.25, 0.3) is 11.5 Å². The highest BCUT2D eigenvalue weighted by Crippen LogP contribution is 2.38. The quantitative estimate of drug-likeness (QED) is 0.873. The SMILES string of the molecule is Cc1nc(-c2ccccn2)nc(NC2CCCC(C(F)(F)F)C2)c1C. The number of rotatable bonds is 3. The number of alkyl halides is 3. The van der Waals surface area contributed by atoms with E-state index in [0.29, 0.717) is 30.2 Å². The number of nitrogens with zero attached hydrogens (tertiary/aromatic N) is 3. The fourth-order valence-electron chi connectivity index (χ4n) is 3.19. The average Bonchev–Trinajstić information content (AvgIpc) is 2.59. The number of pyridine rings is 1. The summed E-state index contributed by atoms with van der Waals surface area (Å²) in [6.45, 7) is 3.75. The van der Waals surface area contributed by atoms with Crippen molar-refractivity contribution in [2.75, 3.05) is 5.32 Å². The fourth-order valence-corrected chi connectivity index (χ4v) is 3.19. The van der Waals surface area contributed by atoms with Gasteiger partial charge in [-0.1, -0.05) is 12.5 Å². The third kappa shape index (κ3) is 4.08. The Labute approximate surface area is 144 Å². The molecule has 2 unspecified atom stereocenters. The molecule has 0 spiro atoms. The standard InChI is InChI=1S/C18H21F3N4/c1-11-12(2)23-17(15-8-3-4-9-22-15)25-16(11)24-14-7-5-6-13(10-14)18(19,20)21/h3-4,8-9,13-14H,5-7,10H2,1-2H3,(H,23,24,25). The Morgan fingerprint density at radius 1 is 1.12 bits per heavy atom. The number of aryl methyl sites for hydroxylation is 1. The number of hydrogen-bond donors (Lipinski definition) is 1. The summed E-state index contributed by atoms with van der Waals surface area (Å²) in [6.07, 6.45) is -0.883. The number of hydrogen-bond acceptors (Lipinski definition) is 4. The molecule has 2 heterocycles. The van der Waals surface area contributed by atoms with E-state index in [0.717, 1.165) is 11.3 Å². The molecule has 0 bridgehead atoms. The molecule has 0 aromatic carbocycles. The number of halogens is 3. The van der Waals surface area contributed by atoms with Crippen LogP contribution >= 0.6 is 0 Å². The second-order valence-electron chi connectivity index (χ2n) is 6.57. The molecule has 25 heavy (non-hydrogen) atoms. The molecular weight excluding hydrogens is 329 g/mol. The largest absolute Gasteiger partial charge is 0.391 e. The summed E-state index contributed by atoms with van der Waals surface area (Å²) in [5.74, 6) is -0.160. The minimum Gasteiger partial charge on any atom is -0.367 e. The lowest BCUT2D eigenvalue weighted by Gasteiger charge is -2.31. The molecule has 2 aromatic heterocycles. The van der Waals surface area contributed by atoms with E-state index in [2.05, 4.69) is 20.3 Å². The smallest absolute Gasteiger partial charge is 0.367 e. The van der Waals surface area contributed by atoms with Crippen LogP contribution in [0, 0.1) is 19.8 Å². The van der Waals surface area contributed by atoms with Crippen LogP contribution in [0.5, 0.6) is 0 Å². The molecule has 0 radical (unpaired) electrons. The van der Waals surface area contributed by atoms with Gasteiger partial charge in [-0.2, -0.15) is 13.2 Å². The van der Waals surface area contributed by atoms with Gasteiger partial charge in [0.15, 0.2) is 5.82 Å². The fraction of sp³-hybridized carbons (Fsp3) is 0.500. The van der Waals surface area contributed by atoms with Crippen LogP contribution in [0.2, 0.25) is 0 Å². The topological polar surface area (TPSA) is 50.7 Å². The third-order valence-electron chi connectivity index (χ3n) is 4.76. The van der Waals surface area contributed by atoms with Gasteiger partial charge >= 0.3 is 6.18 Å². The van der Waals surface area contributed by atoms with Crippen LogP contribution < -0.4 is 5.32 Å². The van der Waals surface area contributed by atoms with Crippen molar-refractivity contribution in [1.29, 1.82) is 0 Å². The predicted molar refractivity (Wildman–Crippen MR) is 90.2 cm³/mol. The van der Waals surface area contributed by atoms with Gasteiger partial charge in [0.05, 0.1) is 5.92 Å². The zero-order chi connectivity index (χ0) is 18.0. The van der Waals surface area contributed by atoms with Crippen LogP contribution in [-0.2, 0) is 0 Å². The van der Waals surface area contributed by atoms with Crippen molar-refractivity contribution in [3.63, 3.8) is 0 Å². The molecule has 7 heteroatoms. The molecule has 2 atom stereocenters. The lowest BCUT2D eigenvalue weighted by atomic mass is 9.85. The minimum atomic E-state index is -4.13. The summed E-state index contributed by atoms with van der Waals surface area (Å²) >= 11 is 0. The second kappa shape index (κ2) is 6.98. The third-order valence-corrected chi connectivity index (χ3v) is 4.76. The molecule has 134 valence electrons. The van der Waals surface area contributed by atoms with E-state index < -0.39 is 12.1 Å². The van der Waals surface area contributed by atoms with Gasteiger partial charge in [-0.3, -0.25) is 4.98 Å². The van der Waals surface area contributed by atoms with Gasteiger partial charge in [0.25, 0.3) is 0 Å². The summed E-state index contributed by atoms with van der Waals surface area (Å²) < 4.78 is 39.1. The Bertz CT molecular complexity index is 731. The average molecular weight is 350 g/mol. The molecule has 2 aromatic rings. The molecule has 1 aliphatic rings. The lowest BCUT2D eigenvalue weighted by Crippen LogP contribution is -2.35. The van der Waals surface area contributed by atoms with Gasteiger partial charge in [0.1, 0.15) is 11.5 Å². The number of anilines is 1. The summed E-state index contributed by atoms with van der Waals surface area (Å²) in [7, 11) is 0. The van der Waals surface area contributed by atoms with E-state index in [1.54, 1.807) is 6.20 Å². The van der Waals surface area contributed by atoms with Crippen LogP contribution in [0.1, 0.15) is 36.9 Å². The molecule has 1 saturated carbocycles. The van der Waals surface area contributed by atoms with E-state index in [-0.39, 0.29) is 18.9 Å². The first kappa shape index (κ1) is 17.6. The van der Waals surface area contributed by atoms with Crippen molar-refractivity contribution in [3.05, 3.63) is 35.7 Å². The first-order valence-electron chi connectivity index (χ1n) is 8.44. The van der Waals surface area contributed by atoms with Gasteiger partial charge in [-0.15, -0.1) is 0 Å². The van der Waals surface area contributed by atoms with Gasteiger partial charge in [0, 0.05) is 23.5 Å². The Morgan fingerprint density at radius 2 is 1.92 bits per heavy atom. The Balaban J connectivity index is 1.83. The van der Waals surface area contributed by atoms with Crippen molar-refractivity contribution in [1.82, 2.24) is 15.0 Å². The lowest BCUT2D eigenvalue weighted by molar-refractivity contribution is -0.182. The predicted octanol–water partition coefficient (Wildman–Crippen LogP) is 4.69. The van der Waals surface area contributed by atoms with Gasteiger partial charge < -0.3 is 5.32 Å². The Hall–Kier alpha value is -2.18. The molecule has 1 fully saturated rings. The zero-order valence-corrected chi connectivity index (χ0v) is 14.3. The van der Waals surface area contributed by atoms with Gasteiger partial charge in [-0.05, 0) is 45.2 Å². The minimum absolute atomic E-state index is 0.0882. The maximum Gasteiger partial charge on any atom is 0.391 e. The first-order valence-corrected chi connectivity index (χ1v) is 8.44. The van der Waals surface area contributed by atoms with E-state index in [9.17, 15) is 13.2 Å². The molecule has 0 aliphatic heterocycles. The second-order valence-corrected chi connectivity index (χ2v) is 6.57. The van der Waals surface area contributed by atoms with Crippen molar-refractivity contribution < 1.29 is 13.2 Å². The molecule has 4 nitrogen and oxygen atoms in total. The number of aromatic nitrogens is 3. The highest BCUT2D eigenvalue weighted by Gasteiger charge is 2.42. The van der Waals surface area contributed by atoms with E-state index >= 15 is 0 Å². The maximum absolute atomic E-state index is 13.0. The number of nitrogens with one attached hydrogen (secondary N) is 1. The highest BCUT2D eigenvalue weighted by atomic mass is 19.4. The zero-order valence-electron chi connectivity index (χ0n) is 14.3. The van der Waals surface area contributed by atoms with Crippen LogP contribution in [-0.4, -0.2) is 27.2 Å². The summed E-state index contributed by atoms with van der Waals surface area (Å²) in [6, 6.07) is 5.24. The van der Waals surface area contributed by atoms with E-state index in [4.69, 9.17) is 0 Å². The highest BCUT2D eigenvalue weighted by molar-refractivity contribution is 5.56. The Kier molecular flexibility index (Phi) is 4.92. The summed E-state index contributed by atoms with van der Waals surface area (Å²) in [5.41, 5.74) is 2.29.